The summed E-state index contributed by atoms with van der Waals surface area (Å²) in [5, 5.41) is 22.4. The van der Waals surface area contributed by atoms with Crippen molar-refractivity contribution in [2.45, 2.75) is 25.3 Å². The summed E-state index contributed by atoms with van der Waals surface area (Å²) >= 11 is 5.09. The van der Waals surface area contributed by atoms with Gasteiger partial charge in [-0.15, -0.1) is 11.3 Å². The molecule has 1 N–H and O–H groups in total. The van der Waals surface area contributed by atoms with Crippen LogP contribution in [0.4, 0.5) is 0 Å². The van der Waals surface area contributed by atoms with Gasteiger partial charge in [-0.1, -0.05) is 55.6 Å². The number of aromatic nitrogens is 1. The molecular weight excluding hydrogens is 404 g/mol. The molecule has 3 aromatic rings. The van der Waals surface area contributed by atoms with Gasteiger partial charge in [-0.25, -0.2) is 4.98 Å². The lowest BCUT2D eigenvalue weighted by Gasteiger charge is -2.11. The minimum atomic E-state index is 0. The lowest BCUT2D eigenvalue weighted by atomic mass is 10.0. The van der Waals surface area contributed by atoms with Crippen LogP contribution in [-0.4, -0.2) is 27.5 Å². The molecule has 0 saturated carbocycles. The SMILES string of the molecule is C.N#Cc1c(-c2ccccc2)cc(-c2cccs2)nc1SCSCCCCO. The van der Waals surface area contributed by atoms with Crippen molar-refractivity contribution in [2.75, 3.05) is 17.4 Å². The third kappa shape index (κ3) is 5.86. The van der Waals surface area contributed by atoms with E-state index < -0.39 is 0 Å². The molecule has 1 aromatic carbocycles. The summed E-state index contributed by atoms with van der Waals surface area (Å²) in [5.41, 5.74) is 3.52. The fourth-order valence-corrected chi connectivity index (χ4v) is 5.41. The predicted octanol–water partition coefficient (Wildman–Crippen LogP) is 6.54. The summed E-state index contributed by atoms with van der Waals surface area (Å²) in [7, 11) is 0. The molecule has 0 spiro atoms. The number of aliphatic hydroxyl groups is 1. The molecule has 0 aliphatic heterocycles. The average Bonchev–Trinajstić information content (AvgIpc) is 3.25. The van der Waals surface area contributed by atoms with Gasteiger partial charge in [0.15, 0.2) is 0 Å². The lowest BCUT2D eigenvalue weighted by Crippen LogP contribution is -1.95. The number of hydrogen-bond donors (Lipinski definition) is 1. The van der Waals surface area contributed by atoms with E-state index in [2.05, 4.69) is 12.1 Å². The quantitative estimate of drug-likeness (QED) is 0.238. The second-order valence-electron chi connectivity index (χ2n) is 5.79. The Labute approximate surface area is 179 Å². The topological polar surface area (TPSA) is 56.9 Å². The van der Waals surface area contributed by atoms with Gasteiger partial charge in [-0.2, -0.15) is 17.0 Å². The van der Waals surface area contributed by atoms with E-state index in [1.807, 2.05) is 59.6 Å². The summed E-state index contributed by atoms with van der Waals surface area (Å²) in [5.74, 6) is 1.01. The molecule has 3 nitrogen and oxygen atoms in total. The van der Waals surface area contributed by atoms with Crippen LogP contribution in [0.25, 0.3) is 21.7 Å². The minimum absolute atomic E-state index is 0. The molecule has 0 bridgehead atoms. The summed E-state index contributed by atoms with van der Waals surface area (Å²) in [6.45, 7) is 0.247. The fraction of sp³-hybridized carbons (Fsp3) is 0.273. The van der Waals surface area contributed by atoms with Crippen molar-refractivity contribution in [3.8, 4) is 27.8 Å². The molecule has 0 fully saturated rings. The number of hydrogen-bond acceptors (Lipinski definition) is 6. The second kappa shape index (κ2) is 11.9. The van der Waals surface area contributed by atoms with Crippen molar-refractivity contribution >= 4 is 34.9 Å². The van der Waals surface area contributed by atoms with Crippen molar-refractivity contribution in [3.63, 3.8) is 0 Å². The standard InChI is InChI=1S/C21H20N2OS3.CH4/c22-14-18-17(16-7-2-1-3-8-16)13-19(20-9-6-12-26-20)23-21(18)27-15-25-11-5-4-10-24;/h1-3,6-9,12-13,24H,4-5,10-11,15H2;1H4. The summed E-state index contributed by atoms with van der Waals surface area (Å²) in [6, 6.07) is 18.5. The second-order valence-corrected chi connectivity index (χ2v) is 9.17. The minimum Gasteiger partial charge on any atom is -0.396 e. The fourth-order valence-electron chi connectivity index (χ4n) is 2.60. The van der Waals surface area contributed by atoms with Crippen LogP contribution in [0.3, 0.4) is 0 Å². The van der Waals surface area contributed by atoms with Crippen molar-refractivity contribution in [1.82, 2.24) is 4.98 Å². The van der Waals surface area contributed by atoms with E-state index in [0.29, 0.717) is 5.56 Å². The van der Waals surface area contributed by atoms with Gasteiger partial charge >= 0.3 is 0 Å². The molecule has 0 unspecified atom stereocenters. The van der Waals surface area contributed by atoms with Crippen molar-refractivity contribution in [3.05, 3.63) is 59.5 Å². The Kier molecular flexibility index (Phi) is 9.59. The van der Waals surface area contributed by atoms with E-state index in [4.69, 9.17) is 10.1 Å². The first-order valence-electron chi connectivity index (χ1n) is 8.69. The van der Waals surface area contributed by atoms with E-state index in [9.17, 15) is 5.26 Å². The van der Waals surface area contributed by atoms with Crippen LogP contribution < -0.4 is 0 Å². The molecule has 6 heteroatoms. The zero-order valence-corrected chi connectivity index (χ0v) is 17.2. The summed E-state index contributed by atoms with van der Waals surface area (Å²) in [6.07, 6.45) is 1.84. The average molecular weight is 429 g/mol. The Balaban J connectivity index is 0.00000280. The van der Waals surface area contributed by atoms with Gasteiger partial charge in [-0.05, 0) is 41.7 Å². The third-order valence-electron chi connectivity index (χ3n) is 3.93. The van der Waals surface area contributed by atoms with E-state index in [-0.39, 0.29) is 14.0 Å². The molecule has 2 aromatic heterocycles. The molecule has 0 saturated heterocycles. The van der Waals surface area contributed by atoms with Crippen LogP contribution in [0.2, 0.25) is 0 Å². The Hall–Kier alpha value is -1.78. The zero-order valence-electron chi connectivity index (χ0n) is 14.8. The number of aliphatic hydroxyl groups excluding tert-OH is 1. The van der Waals surface area contributed by atoms with Crippen molar-refractivity contribution in [1.29, 1.82) is 5.26 Å². The lowest BCUT2D eigenvalue weighted by molar-refractivity contribution is 0.287. The number of thioether (sulfide) groups is 2. The largest absolute Gasteiger partial charge is 0.396 e. The van der Waals surface area contributed by atoms with Gasteiger partial charge in [0, 0.05) is 17.3 Å². The number of pyridine rings is 1. The highest BCUT2D eigenvalue weighted by Crippen LogP contribution is 2.36. The molecule has 0 radical (unpaired) electrons. The normalized spacial score (nSPS) is 10.3. The van der Waals surface area contributed by atoms with Gasteiger partial charge in [-0.3, -0.25) is 0 Å². The molecule has 2 heterocycles. The van der Waals surface area contributed by atoms with E-state index >= 15 is 0 Å². The predicted molar refractivity (Wildman–Crippen MR) is 124 cm³/mol. The summed E-state index contributed by atoms with van der Waals surface area (Å²) in [4.78, 5) is 5.91. The smallest absolute Gasteiger partial charge is 0.116 e. The first-order valence-corrected chi connectivity index (χ1v) is 11.7. The number of rotatable bonds is 9. The highest BCUT2D eigenvalue weighted by Gasteiger charge is 2.16. The van der Waals surface area contributed by atoms with Gasteiger partial charge in [0.05, 0.1) is 16.1 Å². The molecular formula is C22H24N2OS3. The Morgan fingerprint density at radius 2 is 1.93 bits per heavy atom. The van der Waals surface area contributed by atoms with Gasteiger partial charge in [0.1, 0.15) is 11.1 Å². The monoisotopic (exact) mass is 428 g/mol. The number of unbranched alkanes of at least 4 members (excludes halogenated alkanes) is 1. The van der Waals surface area contributed by atoms with Gasteiger partial charge in [0.25, 0.3) is 0 Å². The van der Waals surface area contributed by atoms with Crippen molar-refractivity contribution < 1.29 is 5.11 Å². The maximum Gasteiger partial charge on any atom is 0.116 e. The first-order chi connectivity index (χ1) is 13.3. The van der Waals surface area contributed by atoms with E-state index in [0.717, 1.165) is 50.4 Å². The van der Waals surface area contributed by atoms with E-state index in [1.165, 1.54) is 0 Å². The molecule has 0 atom stereocenters. The number of benzene rings is 1. The van der Waals surface area contributed by atoms with Crippen LogP contribution in [-0.2, 0) is 0 Å². The molecule has 0 amide bonds. The van der Waals surface area contributed by atoms with Crippen LogP contribution in [0.1, 0.15) is 25.8 Å². The third-order valence-corrected chi connectivity index (χ3v) is 7.11. The van der Waals surface area contributed by atoms with Crippen LogP contribution in [0, 0.1) is 11.3 Å². The molecule has 3 rings (SSSR count). The van der Waals surface area contributed by atoms with Crippen LogP contribution in [0.15, 0.2) is 58.9 Å². The maximum atomic E-state index is 9.82. The van der Waals surface area contributed by atoms with Gasteiger partial charge < -0.3 is 5.11 Å². The zero-order chi connectivity index (χ0) is 18.9. The molecule has 0 aliphatic rings. The number of thiophene rings is 1. The van der Waals surface area contributed by atoms with Gasteiger partial charge in [0.2, 0.25) is 0 Å². The Bertz CT molecular complexity index is 890. The number of nitrogens with zero attached hydrogens (tertiary/aromatic N) is 2. The maximum absolute atomic E-state index is 9.82. The highest BCUT2D eigenvalue weighted by atomic mass is 32.2. The number of nitriles is 1. The van der Waals surface area contributed by atoms with Crippen molar-refractivity contribution in [2.24, 2.45) is 0 Å². The summed E-state index contributed by atoms with van der Waals surface area (Å²) < 4.78 is 0. The van der Waals surface area contributed by atoms with Crippen LogP contribution >= 0.6 is 34.9 Å². The molecule has 146 valence electrons. The van der Waals surface area contributed by atoms with Crippen LogP contribution in [0.5, 0.6) is 0 Å². The highest BCUT2D eigenvalue weighted by molar-refractivity contribution is 8.15. The Morgan fingerprint density at radius 3 is 2.61 bits per heavy atom. The molecule has 0 aliphatic carbocycles. The Morgan fingerprint density at radius 1 is 1.11 bits per heavy atom. The van der Waals surface area contributed by atoms with E-state index in [1.54, 1.807) is 23.1 Å². The molecule has 28 heavy (non-hydrogen) atoms. The first kappa shape index (κ1) is 22.5.